The van der Waals surface area contributed by atoms with E-state index in [1.807, 2.05) is 6.92 Å². The second-order valence-electron chi connectivity index (χ2n) is 3.98. The van der Waals surface area contributed by atoms with Crippen molar-refractivity contribution >= 4 is 5.91 Å². The summed E-state index contributed by atoms with van der Waals surface area (Å²) in [5.41, 5.74) is 5.38. The van der Waals surface area contributed by atoms with Crippen molar-refractivity contribution in [3.8, 4) is 0 Å². The van der Waals surface area contributed by atoms with Crippen molar-refractivity contribution < 1.29 is 4.79 Å². The summed E-state index contributed by atoms with van der Waals surface area (Å²) in [7, 11) is 0. The Labute approximate surface area is 81.1 Å². The zero-order valence-corrected chi connectivity index (χ0v) is 8.97. The molecule has 0 aromatic rings. The number of carbonyl (C=O) groups is 1. The number of nitrogens with one attached hydrogen (secondary N) is 1. The molecular weight excluding hydrogens is 164 g/mol. The van der Waals surface area contributed by atoms with Crippen molar-refractivity contribution in [3.63, 3.8) is 0 Å². The third kappa shape index (κ3) is 7.78. The van der Waals surface area contributed by atoms with Gasteiger partial charge in [-0.15, -0.1) is 0 Å². The van der Waals surface area contributed by atoms with E-state index in [4.69, 9.17) is 5.73 Å². The molecule has 13 heavy (non-hydrogen) atoms. The molecule has 0 bridgehead atoms. The highest BCUT2D eigenvalue weighted by molar-refractivity contribution is 5.76. The number of rotatable bonds is 6. The number of carbonyl (C=O) groups excluding carboxylic acids is 1. The lowest BCUT2D eigenvalue weighted by molar-refractivity contribution is -0.121. The van der Waals surface area contributed by atoms with E-state index in [1.165, 1.54) is 0 Å². The minimum atomic E-state index is 0.148. The van der Waals surface area contributed by atoms with Crippen LogP contribution in [-0.2, 0) is 4.79 Å². The molecule has 78 valence electrons. The van der Waals surface area contributed by atoms with E-state index in [1.54, 1.807) is 0 Å². The van der Waals surface area contributed by atoms with Crippen LogP contribution in [0, 0.1) is 5.92 Å². The molecule has 3 heteroatoms. The topological polar surface area (TPSA) is 55.1 Å². The Balaban J connectivity index is 3.50. The third-order valence-electron chi connectivity index (χ3n) is 1.96. The van der Waals surface area contributed by atoms with Crippen LogP contribution in [0.3, 0.4) is 0 Å². The van der Waals surface area contributed by atoms with Crippen molar-refractivity contribution in [2.75, 3.05) is 6.54 Å². The summed E-state index contributed by atoms with van der Waals surface area (Å²) >= 11 is 0. The lowest BCUT2D eigenvalue weighted by Gasteiger charge is -2.12. The Morgan fingerprint density at radius 3 is 2.38 bits per heavy atom. The molecule has 0 radical (unpaired) electrons. The zero-order chi connectivity index (χ0) is 10.3. The predicted octanol–water partition coefficient (Wildman–Crippen LogP) is 1.28. The van der Waals surface area contributed by atoms with Gasteiger partial charge in [-0.05, 0) is 32.2 Å². The standard InChI is InChI=1S/C10H22N2O/c1-8(2)4-5-10(13)12-9(3)6-7-11/h8-9H,4-7,11H2,1-3H3,(H,12,13). The average Bonchev–Trinajstić information content (AvgIpc) is 2.01. The van der Waals surface area contributed by atoms with Crippen molar-refractivity contribution in [3.05, 3.63) is 0 Å². The fourth-order valence-corrected chi connectivity index (χ4v) is 1.09. The van der Waals surface area contributed by atoms with Gasteiger partial charge < -0.3 is 11.1 Å². The largest absolute Gasteiger partial charge is 0.354 e. The van der Waals surface area contributed by atoms with Crippen molar-refractivity contribution in [2.24, 2.45) is 11.7 Å². The average molecular weight is 186 g/mol. The van der Waals surface area contributed by atoms with E-state index in [-0.39, 0.29) is 11.9 Å². The van der Waals surface area contributed by atoms with Crippen LogP contribution in [0.25, 0.3) is 0 Å². The van der Waals surface area contributed by atoms with Gasteiger partial charge >= 0.3 is 0 Å². The van der Waals surface area contributed by atoms with Crippen LogP contribution in [0.2, 0.25) is 0 Å². The molecule has 1 unspecified atom stereocenters. The first-order valence-electron chi connectivity index (χ1n) is 5.05. The van der Waals surface area contributed by atoms with Crippen LogP contribution in [0.15, 0.2) is 0 Å². The van der Waals surface area contributed by atoms with E-state index in [9.17, 15) is 4.79 Å². The van der Waals surface area contributed by atoms with Crippen molar-refractivity contribution in [2.45, 2.75) is 46.1 Å². The van der Waals surface area contributed by atoms with Gasteiger partial charge in [0, 0.05) is 12.5 Å². The molecule has 0 aliphatic heterocycles. The first-order chi connectivity index (χ1) is 6.06. The van der Waals surface area contributed by atoms with Gasteiger partial charge in [0.2, 0.25) is 5.91 Å². The Hall–Kier alpha value is -0.570. The maximum atomic E-state index is 11.3. The van der Waals surface area contributed by atoms with Gasteiger partial charge in [0.25, 0.3) is 0 Å². The first kappa shape index (κ1) is 12.4. The van der Waals surface area contributed by atoms with E-state index < -0.39 is 0 Å². The Bertz CT molecular complexity index is 146. The summed E-state index contributed by atoms with van der Waals surface area (Å²) < 4.78 is 0. The van der Waals surface area contributed by atoms with Gasteiger partial charge in [0.15, 0.2) is 0 Å². The maximum absolute atomic E-state index is 11.3. The number of nitrogens with two attached hydrogens (primary N) is 1. The van der Waals surface area contributed by atoms with Crippen LogP contribution < -0.4 is 11.1 Å². The monoisotopic (exact) mass is 186 g/mol. The molecule has 3 nitrogen and oxygen atoms in total. The Morgan fingerprint density at radius 1 is 1.31 bits per heavy atom. The normalized spacial score (nSPS) is 13.0. The fourth-order valence-electron chi connectivity index (χ4n) is 1.09. The molecule has 0 aromatic carbocycles. The quantitative estimate of drug-likeness (QED) is 0.656. The molecular formula is C10H22N2O. The van der Waals surface area contributed by atoms with Crippen LogP contribution in [0.1, 0.15) is 40.0 Å². The van der Waals surface area contributed by atoms with E-state index in [0.717, 1.165) is 12.8 Å². The summed E-state index contributed by atoms with van der Waals surface area (Å²) in [5, 5.41) is 2.92. The highest BCUT2D eigenvalue weighted by atomic mass is 16.1. The van der Waals surface area contributed by atoms with E-state index in [0.29, 0.717) is 18.9 Å². The van der Waals surface area contributed by atoms with Crippen molar-refractivity contribution in [1.82, 2.24) is 5.32 Å². The molecule has 0 saturated carbocycles. The summed E-state index contributed by atoms with van der Waals surface area (Å²) in [5.74, 6) is 0.741. The van der Waals surface area contributed by atoms with Crippen molar-refractivity contribution in [1.29, 1.82) is 0 Å². The summed E-state index contributed by atoms with van der Waals surface area (Å²) in [6, 6.07) is 0.213. The lowest BCUT2D eigenvalue weighted by atomic mass is 10.1. The van der Waals surface area contributed by atoms with Crippen LogP contribution in [0.5, 0.6) is 0 Å². The minimum absolute atomic E-state index is 0.148. The van der Waals surface area contributed by atoms with Gasteiger partial charge in [-0.1, -0.05) is 13.8 Å². The van der Waals surface area contributed by atoms with Crippen LogP contribution in [-0.4, -0.2) is 18.5 Å². The molecule has 0 aromatic heterocycles. The summed E-state index contributed by atoms with van der Waals surface area (Å²) in [6.07, 6.45) is 2.45. The van der Waals surface area contributed by atoms with Gasteiger partial charge in [-0.2, -0.15) is 0 Å². The maximum Gasteiger partial charge on any atom is 0.220 e. The zero-order valence-electron chi connectivity index (χ0n) is 8.97. The lowest BCUT2D eigenvalue weighted by Crippen LogP contribution is -2.34. The third-order valence-corrected chi connectivity index (χ3v) is 1.96. The summed E-state index contributed by atoms with van der Waals surface area (Å²) in [4.78, 5) is 11.3. The predicted molar refractivity (Wildman–Crippen MR) is 55.3 cm³/mol. The molecule has 0 fully saturated rings. The second-order valence-corrected chi connectivity index (χ2v) is 3.98. The smallest absolute Gasteiger partial charge is 0.220 e. The van der Waals surface area contributed by atoms with E-state index in [2.05, 4.69) is 19.2 Å². The fraction of sp³-hybridized carbons (Fsp3) is 0.900. The molecule has 1 atom stereocenters. The molecule has 3 N–H and O–H groups in total. The molecule has 0 saturated heterocycles. The van der Waals surface area contributed by atoms with E-state index >= 15 is 0 Å². The second kappa shape index (κ2) is 6.89. The number of hydrogen-bond donors (Lipinski definition) is 2. The molecule has 0 aliphatic rings. The molecule has 0 aliphatic carbocycles. The highest BCUT2D eigenvalue weighted by Gasteiger charge is 2.06. The minimum Gasteiger partial charge on any atom is -0.354 e. The van der Waals surface area contributed by atoms with Crippen LogP contribution in [0.4, 0.5) is 0 Å². The van der Waals surface area contributed by atoms with Crippen LogP contribution >= 0.6 is 0 Å². The number of amides is 1. The SMILES string of the molecule is CC(C)CCC(=O)NC(C)CCN. The highest BCUT2D eigenvalue weighted by Crippen LogP contribution is 2.03. The Morgan fingerprint density at radius 2 is 1.92 bits per heavy atom. The molecule has 0 rings (SSSR count). The summed E-state index contributed by atoms with van der Waals surface area (Å²) in [6.45, 7) is 6.86. The first-order valence-corrected chi connectivity index (χ1v) is 5.05. The van der Waals surface area contributed by atoms with Gasteiger partial charge in [-0.25, -0.2) is 0 Å². The Kier molecular flexibility index (Phi) is 6.59. The molecule has 0 spiro atoms. The molecule has 0 heterocycles. The van der Waals surface area contributed by atoms with Gasteiger partial charge in [0.1, 0.15) is 0 Å². The number of hydrogen-bond acceptors (Lipinski definition) is 2. The molecule has 1 amide bonds. The van der Waals surface area contributed by atoms with Gasteiger partial charge in [-0.3, -0.25) is 4.79 Å². The van der Waals surface area contributed by atoms with Gasteiger partial charge in [0.05, 0.1) is 0 Å².